The quantitative estimate of drug-likeness (QED) is 0.637. The normalized spacial score (nSPS) is 11.7. The van der Waals surface area contributed by atoms with Gasteiger partial charge >= 0.3 is 0 Å². The molecule has 3 aromatic rings. The predicted octanol–water partition coefficient (Wildman–Crippen LogP) is 2.33. The Kier molecular flexibility index (Phi) is 6.03. The minimum absolute atomic E-state index is 0.120. The van der Waals surface area contributed by atoms with Crippen LogP contribution in [0, 0.1) is 0 Å². The van der Waals surface area contributed by atoms with Crippen molar-refractivity contribution in [2.45, 2.75) is 4.90 Å². The molecular formula is C20H22N4O3S. The van der Waals surface area contributed by atoms with E-state index in [1.54, 1.807) is 12.3 Å². The van der Waals surface area contributed by atoms with Gasteiger partial charge in [0.2, 0.25) is 10.0 Å². The van der Waals surface area contributed by atoms with Gasteiger partial charge in [0.05, 0.1) is 16.1 Å². The summed E-state index contributed by atoms with van der Waals surface area (Å²) in [6.45, 7) is 0.907. The summed E-state index contributed by atoms with van der Waals surface area (Å²) in [7, 11) is 0.132. The van der Waals surface area contributed by atoms with E-state index in [4.69, 9.17) is 0 Å². The number of hydrogen-bond donors (Lipinski definition) is 2. The number of aromatic nitrogens is 1. The van der Waals surface area contributed by atoms with Gasteiger partial charge in [0.25, 0.3) is 5.91 Å². The fraction of sp³-hybridized carbons (Fsp3) is 0.200. The van der Waals surface area contributed by atoms with Crippen LogP contribution >= 0.6 is 0 Å². The lowest BCUT2D eigenvalue weighted by Gasteiger charge is -2.11. The number of benzene rings is 2. The Morgan fingerprint density at radius 2 is 1.75 bits per heavy atom. The van der Waals surface area contributed by atoms with Crippen LogP contribution < -0.4 is 10.0 Å². The maximum atomic E-state index is 12.6. The topological polar surface area (TPSA) is 91.4 Å². The number of hydrogen-bond acceptors (Lipinski definition) is 5. The third kappa shape index (κ3) is 4.72. The lowest BCUT2D eigenvalue weighted by molar-refractivity contribution is 0.102. The van der Waals surface area contributed by atoms with Crippen molar-refractivity contribution in [3.05, 3.63) is 66.4 Å². The Bertz CT molecular complexity index is 1070. The van der Waals surface area contributed by atoms with Crippen molar-refractivity contribution in [1.82, 2.24) is 14.6 Å². The highest BCUT2D eigenvalue weighted by Gasteiger charge is 2.15. The number of fused-ring (bicyclic) bond motifs is 1. The van der Waals surface area contributed by atoms with Crippen molar-refractivity contribution in [3.8, 4) is 0 Å². The van der Waals surface area contributed by atoms with Gasteiger partial charge in [0.1, 0.15) is 0 Å². The fourth-order valence-electron chi connectivity index (χ4n) is 2.67. The van der Waals surface area contributed by atoms with E-state index in [1.807, 2.05) is 43.3 Å². The van der Waals surface area contributed by atoms with Crippen LogP contribution in [0.1, 0.15) is 10.4 Å². The SMILES string of the molecule is CN(C)CCNS(=O)(=O)c1ccc(C(=O)Nc2cccc3cccnc23)cc1. The van der Waals surface area contributed by atoms with Crippen molar-refractivity contribution in [2.75, 3.05) is 32.5 Å². The van der Waals surface area contributed by atoms with Gasteiger partial charge in [0, 0.05) is 30.2 Å². The molecule has 0 aliphatic carbocycles. The Morgan fingerprint density at radius 1 is 1.04 bits per heavy atom. The molecule has 0 aliphatic rings. The number of sulfonamides is 1. The van der Waals surface area contributed by atoms with Crippen LogP contribution in [-0.2, 0) is 10.0 Å². The first-order valence-corrected chi connectivity index (χ1v) is 10.2. The second kappa shape index (κ2) is 8.47. The molecule has 0 bridgehead atoms. The molecule has 0 aliphatic heterocycles. The van der Waals surface area contributed by atoms with Gasteiger partial charge in [-0.2, -0.15) is 0 Å². The first-order valence-electron chi connectivity index (χ1n) is 8.76. The van der Waals surface area contributed by atoms with Gasteiger partial charge in [-0.05, 0) is 50.5 Å². The summed E-state index contributed by atoms with van der Waals surface area (Å²) in [4.78, 5) is 18.9. The molecular weight excluding hydrogens is 376 g/mol. The number of pyridine rings is 1. The summed E-state index contributed by atoms with van der Waals surface area (Å²) in [6, 6.07) is 15.1. The van der Waals surface area contributed by atoms with Crippen LogP contribution in [0.15, 0.2) is 65.7 Å². The Hall–Kier alpha value is -2.81. The summed E-state index contributed by atoms with van der Waals surface area (Å²) < 4.78 is 27.1. The molecule has 0 unspecified atom stereocenters. The van der Waals surface area contributed by atoms with E-state index in [0.29, 0.717) is 29.9 Å². The van der Waals surface area contributed by atoms with E-state index in [1.165, 1.54) is 24.3 Å². The van der Waals surface area contributed by atoms with Crippen molar-refractivity contribution >= 4 is 32.5 Å². The summed E-state index contributed by atoms with van der Waals surface area (Å²) in [6.07, 6.45) is 1.67. The minimum Gasteiger partial charge on any atom is -0.320 e. The summed E-state index contributed by atoms with van der Waals surface area (Å²) in [5.41, 5.74) is 1.66. The van der Waals surface area contributed by atoms with Crippen LogP contribution in [0.5, 0.6) is 0 Å². The van der Waals surface area contributed by atoms with Gasteiger partial charge < -0.3 is 10.2 Å². The van der Waals surface area contributed by atoms with Gasteiger partial charge in [-0.1, -0.05) is 18.2 Å². The average Bonchev–Trinajstić information content (AvgIpc) is 2.68. The standard InChI is InChI=1S/C20H22N4O3S/c1-24(2)14-13-22-28(26,27)17-10-8-16(9-11-17)20(25)23-18-7-3-5-15-6-4-12-21-19(15)18/h3-12,22H,13-14H2,1-2H3,(H,23,25). The second-order valence-corrected chi connectivity index (χ2v) is 8.33. The first kappa shape index (κ1) is 19.9. The number of carbonyl (C=O) groups is 1. The maximum Gasteiger partial charge on any atom is 0.255 e. The van der Waals surface area contributed by atoms with Gasteiger partial charge in [-0.15, -0.1) is 0 Å². The van der Waals surface area contributed by atoms with Crippen molar-refractivity contribution < 1.29 is 13.2 Å². The van der Waals surface area contributed by atoms with Gasteiger partial charge in [0.15, 0.2) is 0 Å². The summed E-state index contributed by atoms with van der Waals surface area (Å²) in [5.74, 6) is -0.331. The lowest BCUT2D eigenvalue weighted by atomic mass is 10.1. The molecule has 0 radical (unpaired) electrons. The van der Waals surface area contributed by atoms with E-state index in [2.05, 4.69) is 15.0 Å². The highest BCUT2D eigenvalue weighted by Crippen LogP contribution is 2.21. The van der Waals surface area contributed by atoms with Crippen LogP contribution in [0.3, 0.4) is 0 Å². The molecule has 0 saturated carbocycles. The number of nitrogens with one attached hydrogen (secondary N) is 2. The molecule has 8 heteroatoms. The summed E-state index contributed by atoms with van der Waals surface area (Å²) in [5, 5.41) is 3.76. The van der Waals surface area contributed by atoms with Crippen LogP contribution in [-0.4, -0.2) is 51.4 Å². The first-order chi connectivity index (χ1) is 13.4. The smallest absolute Gasteiger partial charge is 0.255 e. The Morgan fingerprint density at radius 3 is 2.46 bits per heavy atom. The highest BCUT2D eigenvalue weighted by molar-refractivity contribution is 7.89. The zero-order chi connectivity index (χ0) is 20.1. The molecule has 3 rings (SSSR count). The number of likely N-dealkylation sites (N-methyl/N-ethyl adjacent to an activating group) is 1. The zero-order valence-corrected chi connectivity index (χ0v) is 16.5. The number of amides is 1. The number of carbonyl (C=O) groups excluding carboxylic acids is 1. The Balaban J connectivity index is 1.73. The molecule has 1 amide bonds. The highest BCUT2D eigenvalue weighted by atomic mass is 32.2. The fourth-order valence-corrected chi connectivity index (χ4v) is 3.69. The molecule has 0 saturated heterocycles. The average molecular weight is 398 g/mol. The van der Waals surface area contributed by atoms with E-state index >= 15 is 0 Å². The molecule has 0 atom stereocenters. The van der Waals surface area contributed by atoms with Crippen LogP contribution in [0.4, 0.5) is 5.69 Å². The molecule has 7 nitrogen and oxygen atoms in total. The number of anilines is 1. The molecule has 146 valence electrons. The number of para-hydroxylation sites is 1. The van der Waals surface area contributed by atoms with E-state index in [0.717, 1.165) is 5.39 Å². The lowest BCUT2D eigenvalue weighted by Crippen LogP contribution is -2.31. The van der Waals surface area contributed by atoms with Gasteiger partial charge in [-0.25, -0.2) is 13.1 Å². The molecule has 28 heavy (non-hydrogen) atoms. The third-order valence-electron chi connectivity index (χ3n) is 4.16. The summed E-state index contributed by atoms with van der Waals surface area (Å²) >= 11 is 0. The van der Waals surface area contributed by atoms with Crippen molar-refractivity contribution in [1.29, 1.82) is 0 Å². The van der Waals surface area contributed by atoms with Crippen molar-refractivity contribution in [3.63, 3.8) is 0 Å². The van der Waals surface area contributed by atoms with E-state index in [9.17, 15) is 13.2 Å². The van der Waals surface area contributed by atoms with Gasteiger partial charge in [-0.3, -0.25) is 9.78 Å². The molecule has 1 aromatic heterocycles. The van der Waals surface area contributed by atoms with Crippen LogP contribution in [0.2, 0.25) is 0 Å². The monoisotopic (exact) mass is 398 g/mol. The number of nitrogens with zero attached hydrogens (tertiary/aromatic N) is 2. The zero-order valence-electron chi connectivity index (χ0n) is 15.7. The Labute approximate surface area is 164 Å². The van der Waals surface area contributed by atoms with Crippen molar-refractivity contribution in [2.24, 2.45) is 0 Å². The van der Waals surface area contributed by atoms with Crippen LogP contribution in [0.25, 0.3) is 10.9 Å². The molecule has 0 spiro atoms. The molecule has 0 fully saturated rings. The second-order valence-electron chi connectivity index (χ2n) is 6.56. The predicted molar refractivity (Wildman–Crippen MR) is 110 cm³/mol. The minimum atomic E-state index is -3.60. The molecule has 2 aromatic carbocycles. The molecule has 1 heterocycles. The number of rotatable bonds is 7. The van der Waals surface area contributed by atoms with E-state index in [-0.39, 0.29) is 10.8 Å². The third-order valence-corrected chi connectivity index (χ3v) is 5.64. The maximum absolute atomic E-state index is 12.6. The van der Waals surface area contributed by atoms with E-state index < -0.39 is 10.0 Å². The largest absolute Gasteiger partial charge is 0.320 e. The molecule has 2 N–H and O–H groups in total.